The van der Waals surface area contributed by atoms with Gasteiger partial charge < -0.3 is 5.73 Å². The average molecular weight is 483 g/mol. The quantitative estimate of drug-likeness (QED) is 0.434. The van der Waals surface area contributed by atoms with Crippen molar-refractivity contribution in [3.63, 3.8) is 0 Å². The second-order valence-corrected chi connectivity index (χ2v) is 10.6. The van der Waals surface area contributed by atoms with E-state index < -0.39 is 10.8 Å². The minimum absolute atomic E-state index is 0.0269. The van der Waals surface area contributed by atoms with Crippen LogP contribution in [0, 0.1) is 26.9 Å². The third-order valence-corrected chi connectivity index (χ3v) is 7.68. The molecule has 0 fully saturated rings. The molecule has 33 heavy (non-hydrogen) atoms. The zero-order chi connectivity index (χ0) is 24.1. The van der Waals surface area contributed by atoms with Crippen LogP contribution in [0.4, 0.5) is 11.4 Å². The number of nitriles is 1. The molecule has 0 unspecified atom stereocenters. The second kappa shape index (κ2) is 8.32. The fourth-order valence-electron chi connectivity index (χ4n) is 4.60. The maximum atomic E-state index is 13.5. The maximum Gasteiger partial charge on any atom is 0.271 e. The topological polar surface area (TPSA) is 113 Å². The van der Waals surface area contributed by atoms with E-state index in [1.165, 1.54) is 18.2 Å². The highest BCUT2D eigenvalue weighted by Crippen LogP contribution is 2.52. The van der Waals surface area contributed by atoms with Gasteiger partial charge in [0.1, 0.15) is 5.82 Å². The number of nitrogens with zero attached hydrogens (tertiary/aromatic N) is 3. The van der Waals surface area contributed by atoms with E-state index in [0.29, 0.717) is 29.8 Å². The van der Waals surface area contributed by atoms with Crippen molar-refractivity contribution in [3.8, 4) is 6.07 Å². The van der Waals surface area contributed by atoms with Gasteiger partial charge in [0.05, 0.1) is 33.2 Å². The number of ketones is 1. The summed E-state index contributed by atoms with van der Waals surface area (Å²) in [7, 11) is 0. The predicted molar refractivity (Wildman–Crippen MR) is 129 cm³/mol. The van der Waals surface area contributed by atoms with E-state index in [4.69, 9.17) is 17.3 Å². The summed E-state index contributed by atoms with van der Waals surface area (Å²) in [5.41, 5.74) is 8.05. The van der Waals surface area contributed by atoms with Crippen LogP contribution >= 0.6 is 22.9 Å². The number of Topliss-reactive ketones (excluding diaryl/α,β-unsaturated/α-hetero) is 1. The smallest absolute Gasteiger partial charge is 0.271 e. The molecule has 1 aromatic heterocycles. The Morgan fingerprint density at radius 1 is 1.33 bits per heavy atom. The highest BCUT2D eigenvalue weighted by atomic mass is 35.5. The van der Waals surface area contributed by atoms with Crippen molar-refractivity contribution in [3.05, 3.63) is 77.9 Å². The molecule has 4 rings (SSSR count). The number of halogens is 1. The molecule has 0 radical (unpaired) electrons. The third-order valence-electron chi connectivity index (χ3n) is 6.08. The number of non-ortho nitro benzene ring substituents is 1. The van der Waals surface area contributed by atoms with Crippen molar-refractivity contribution in [1.29, 1.82) is 5.26 Å². The molecule has 170 valence electrons. The summed E-state index contributed by atoms with van der Waals surface area (Å²) in [6.07, 6.45) is 1.76. The van der Waals surface area contributed by atoms with E-state index in [0.717, 1.165) is 16.2 Å². The van der Waals surface area contributed by atoms with Crippen LogP contribution in [0.15, 0.2) is 53.0 Å². The Balaban J connectivity index is 1.98. The zero-order valence-electron chi connectivity index (χ0n) is 18.5. The van der Waals surface area contributed by atoms with Crippen molar-refractivity contribution in [2.45, 2.75) is 46.0 Å². The summed E-state index contributed by atoms with van der Waals surface area (Å²) in [6.45, 7) is 6.09. The largest absolute Gasteiger partial charge is 0.384 e. The summed E-state index contributed by atoms with van der Waals surface area (Å²) in [6, 6.07) is 10.3. The molecule has 0 amide bonds. The first-order valence-electron chi connectivity index (χ1n) is 10.6. The van der Waals surface area contributed by atoms with E-state index in [2.05, 4.69) is 13.0 Å². The van der Waals surface area contributed by atoms with Gasteiger partial charge >= 0.3 is 0 Å². The number of rotatable bonds is 4. The Labute approximate surface area is 200 Å². The van der Waals surface area contributed by atoms with Gasteiger partial charge in [-0.2, -0.15) is 5.26 Å². The van der Waals surface area contributed by atoms with Gasteiger partial charge in [-0.3, -0.25) is 19.8 Å². The van der Waals surface area contributed by atoms with Crippen LogP contribution in [0.1, 0.15) is 49.3 Å². The van der Waals surface area contributed by atoms with E-state index in [9.17, 15) is 20.2 Å². The molecule has 2 aliphatic rings. The van der Waals surface area contributed by atoms with Crippen LogP contribution in [-0.4, -0.2) is 10.7 Å². The van der Waals surface area contributed by atoms with E-state index in [-0.39, 0.29) is 33.3 Å². The number of benzene rings is 1. The Morgan fingerprint density at radius 3 is 2.64 bits per heavy atom. The molecular formula is C24H23ClN4O3S. The number of hydrogen-bond donors (Lipinski definition) is 1. The highest BCUT2D eigenvalue weighted by Gasteiger charge is 2.45. The molecule has 0 bridgehead atoms. The summed E-state index contributed by atoms with van der Waals surface area (Å²) >= 11 is 8.04. The number of anilines is 1. The number of nitro benzene ring substituents is 1. The lowest BCUT2D eigenvalue weighted by Crippen LogP contribution is -2.42. The summed E-state index contributed by atoms with van der Waals surface area (Å²) in [4.78, 5) is 27.9. The molecule has 7 nitrogen and oxygen atoms in total. The number of nitrogens with two attached hydrogens (primary N) is 1. The summed E-state index contributed by atoms with van der Waals surface area (Å²) in [5.74, 6) is -0.373. The number of thiophene rings is 1. The van der Waals surface area contributed by atoms with Gasteiger partial charge in [-0.25, -0.2) is 0 Å². The Kier molecular flexibility index (Phi) is 5.81. The highest BCUT2D eigenvalue weighted by molar-refractivity contribution is 7.12. The molecule has 0 spiro atoms. The molecule has 1 aliphatic carbocycles. The summed E-state index contributed by atoms with van der Waals surface area (Å²) in [5, 5.41) is 21.4. The zero-order valence-corrected chi connectivity index (χ0v) is 20.1. The van der Waals surface area contributed by atoms with Crippen molar-refractivity contribution >= 4 is 40.1 Å². The molecule has 2 aromatic rings. The first-order chi connectivity index (χ1) is 15.6. The van der Waals surface area contributed by atoms with Crippen LogP contribution in [-0.2, 0) is 11.2 Å². The number of carbonyl (C=O) groups is 1. The first kappa shape index (κ1) is 23.0. The lowest BCUT2D eigenvalue weighted by molar-refractivity contribution is -0.384. The minimum atomic E-state index is -0.535. The van der Waals surface area contributed by atoms with Crippen LogP contribution in [0.25, 0.3) is 0 Å². The molecule has 2 N–H and O–H groups in total. The van der Waals surface area contributed by atoms with Crippen molar-refractivity contribution in [2.24, 2.45) is 11.1 Å². The van der Waals surface area contributed by atoms with Gasteiger partial charge in [0.2, 0.25) is 0 Å². The average Bonchev–Trinajstić information content (AvgIpc) is 3.21. The Morgan fingerprint density at radius 2 is 2.06 bits per heavy atom. The number of carbonyl (C=O) groups excluding carboxylic acids is 1. The Bertz CT molecular complexity index is 1280. The normalized spacial score (nSPS) is 20.0. The van der Waals surface area contributed by atoms with Gasteiger partial charge in [-0.05, 0) is 36.5 Å². The number of hydrogen-bond acceptors (Lipinski definition) is 7. The SMILES string of the molecule is CCc1ccc([C@H]2C(C#N)=C(N)N(c3ccc([N+](=O)[O-])cc3Cl)C3=C2C(=O)CC(C)(C)C3)s1. The number of aryl methyl sites for hydroxylation is 1. The van der Waals surface area contributed by atoms with E-state index in [1.807, 2.05) is 26.0 Å². The molecule has 0 saturated carbocycles. The number of allylic oxidation sites excluding steroid dienone is 3. The van der Waals surface area contributed by atoms with Crippen LogP contribution in [0.2, 0.25) is 5.02 Å². The van der Waals surface area contributed by atoms with Crippen molar-refractivity contribution in [1.82, 2.24) is 0 Å². The fraction of sp³-hybridized carbons (Fsp3) is 0.333. The van der Waals surface area contributed by atoms with Crippen LogP contribution in [0.5, 0.6) is 0 Å². The van der Waals surface area contributed by atoms with Gasteiger partial charge in [0, 0.05) is 39.6 Å². The first-order valence-corrected chi connectivity index (χ1v) is 11.8. The molecule has 1 atom stereocenters. The fourth-order valence-corrected chi connectivity index (χ4v) is 5.93. The van der Waals surface area contributed by atoms with E-state index >= 15 is 0 Å². The lowest BCUT2D eigenvalue weighted by atomic mass is 9.69. The van der Waals surface area contributed by atoms with Crippen molar-refractivity contribution < 1.29 is 9.72 Å². The number of nitro groups is 1. The van der Waals surface area contributed by atoms with Gasteiger partial charge in [-0.15, -0.1) is 11.3 Å². The standard InChI is InChI=1S/C24H23ClN4O3S/c1-4-14-6-8-20(33-14)21-15(12-26)23(27)28(17-7-5-13(29(31)32)9-16(17)25)18-10-24(2,3)11-19(30)22(18)21/h5-9,21H,4,10-11,27H2,1-3H3/t21-/m1/s1. The molecule has 2 heterocycles. The monoisotopic (exact) mass is 482 g/mol. The molecule has 9 heteroatoms. The van der Waals surface area contributed by atoms with Gasteiger partial charge in [0.15, 0.2) is 5.78 Å². The lowest BCUT2D eigenvalue weighted by Gasteiger charge is -2.43. The third kappa shape index (κ3) is 3.92. The van der Waals surface area contributed by atoms with E-state index in [1.54, 1.807) is 16.2 Å². The molecule has 1 aromatic carbocycles. The van der Waals surface area contributed by atoms with Crippen LogP contribution < -0.4 is 10.6 Å². The summed E-state index contributed by atoms with van der Waals surface area (Å²) < 4.78 is 0. The molecule has 1 aliphatic heterocycles. The van der Waals surface area contributed by atoms with Crippen LogP contribution in [0.3, 0.4) is 0 Å². The molecular weight excluding hydrogens is 460 g/mol. The van der Waals surface area contributed by atoms with Gasteiger partial charge in [0.25, 0.3) is 5.69 Å². The predicted octanol–water partition coefficient (Wildman–Crippen LogP) is 5.81. The van der Waals surface area contributed by atoms with Crippen molar-refractivity contribution in [2.75, 3.05) is 4.90 Å². The van der Waals surface area contributed by atoms with Gasteiger partial charge in [-0.1, -0.05) is 32.4 Å². The second-order valence-electron chi connectivity index (χ2n) is 9.03. The molecule has 0 saturated heterocycles. The maximum absolute atomic E-state index is 13.5. The Hall–Kier alpha value is -3.15. The minimum Gasteiger partial charge on any atom is -0.384 e.